The molecule has 0 aromatic heterocycles. The molecule has 7 nitrogen and oxygen atoms in total. The molecule has 2 aliphatic rings. The van der Waals surface area contributed by atoms with Crippen LogP contribution in [0.3, 0.4) is 0 Å². The molecule has 1 aliphatic carbocycles. The molecule has 1 saturated carbocycles. The Morgan fingerprint density at radius 1 is 0.857 bits per heavy atom. The molecule has 0 amide bonds. The van der Waals surface area contributed by atoms with Gasteiger partial charge in [0.2, 0.25) is 0 Å². The molecule has 28 heavy (non-hydrogen) atoms. The number of carbonyl (C=O) groups is 3. The minimum atomic E-state index is -0.913. The van der Waals surface area contributed by atoms with E-state index in [1.54, 1.807) is 6.20 Å². The van der Waals surface area contributed by atoms with Gasteiger partial charge in [0.1, 0.15) is 0 Å². The van der Waals surface area contributed by atoms with Crippen LogP contribution in [0.1, 0.15) is 57.8 Å². The van der Waals surface area contributed by atoms with Crippen LogP contribution in [0, 0.1) is 17.3 Å². The van der Waals surface area contributed by atoms with Gasteiger partial charge in [-0.05, 0) is 62.5 Å². The topological polar surface area (TPSA) is 124 Å². The lowest BCUT2D eigenvalue weighted by atomic mass is 9.71. The molecular formula is C21H29NO6. The highest BCUT2D eigenvalue weighted by Gasteiger charge is 2.39. The standard InChI is InChI=1S/C21H29NO6/c23-18(24)12-15-5-6-16(13-19(25)26)8-10-21(9-7-15,14-20(27)28)17-4-2-1-3-11-22-17/h1-4,11,15-16,22H,5-10,12-14H2,(H,23,24)(H,25,26)(H,27,28). The molecule has 2 rings (SSSR count). The summed E-state index contributed by atoms with van der Waals surface area (Å²) in [5, 5.41) is 31.3. The van der Waals surface area contributed by atoms with E-state index in [4.69, 9.17) is 0 Å². The van der Waals surface area contributed by atoms with Gasteiger partial charge in [-0.25, -0.2) is 0 Å². The predicted octanol–water partition coefficient (Wildman–Crippen LogP) is 3.54. The van der Waals surface area contributed by atoms with Crippen LogP contribution in [0.5, 0.6) is 0 Å². The van der Waals surface area contributed by atoms with Crippen molar-refractivity contribution in [3.05, 3.63) is 36.2 Å². The zero-order valence-corrected chi connectivity index (χ0v) is 16.0. The third-order valence-electron chi connectivity index (χ3n) is 5.85. The van der Waals surface area contributed by atoms with Gasteiger partial charge in [-0.2, -0.15) is 0 Å². The van der Waals surface area contributed by atoms with Gasteiger partial charge in [0.05, 0.1) is 6.42 Å². The van der Waals surface area contributed by atoms with Gasteiger partial charge in [0.25, 0.3) is 0 Å². The first-order valence-corrected chi connectivity index (χ1v) is 9.76. The first kappa shape index (κ1) is 21.7. The lowest BCUT2D eigenvalue weighted by Crippen LogP contribution is -2.33. The maximum atomic E-state index is 11.7. The summed E-state index contributed by atoms with van der Waals surface area (Å²) in [6, 6.07) is 0. The van der Waals surface area contributed by atoms with E-state index >= 15 is 0 Å². The van der Waals surface area contributed by atoms with Crippen molar-refractivity contribution in [1.29, 1.82) is 0 Å². The maximum absolute atomic E-state index is 11.7. The summed E-state index contributed by atoms with van der Waals surface area (Å²) in [5.74, 6) is -2.83. The quantitative estimate of drug-likeness (QED) is 0.523. The van der Waals surface area contributed by atoms with Gasteiger partial charge < -0.3 is 20.6 Å². The van der Waals surface area contributed by atoms with Crippen molar-refractivity contribution in [2.75, 3.05) is 0 Å². The average molecular weight is 391 g/mol. The van der Waals surface area contributed by atoms with Gasteiger partial charge in [-0.3, -0.25) is 14.4 Å². The Balaban J connectivity index is 2.36. The van der Waals surface area contributed by atoms with Crippen molar-refractivity contribution >= 4 is 17.9 Å². The van der Waals surface area contributed by atoms with Crippen LogP contribution in [0.4, 0.5) is 0 Å². The minimum Gasteiger partial charge on any atom is -0.481 e. The van der Waals surface area contributed by atoms with Crippen molar-refractivity contribution in [2.45, 2.75) is 57.8 Å². The van der Waals surface area contributed by atoms with Gasteiger partial charge in [-0.1, -0.05) is 12.2 Å². The Bertz CT molecular complexity index is 650. The molecule has 154 valence electrons. The van der Waals surface area contributed by atoms with E-state index < -0.39 is 23.3 Å². The summed E-state index contributed by atoms with van der Waals surface area (Å²) < 4.78 is 0. The van der Waals surface area contributed by atoms with Crippen LogP contribution < -0.4 is 5.32 Å². The summed E-state index contributed by atoms with van der Waals surface area (Å²) >= 11 is 0. The van der Waals surface area contributed by atoms with E-state index in [2.05, 4.69) is 5.32 Å². The molecule has 1 aliphatic heterocycles. The molecule has 0 aromatic carbocycles. The van der Waals surface area contributed by atoms with Crippen LogP contribution in [-0.2, 0) is 14.4 Å². The lowest BCUT2D eigenvalue weighted by Gasteiger charge is -2.36. The predicted molar refractivity (Wildman–Crippen MR) is 103 cm³/mol. The fourth-order valence-corrected chi connectivity index (χ4v) is 4.37. The molecule has 0 radical (unpaired) electrons. The Kier molecular flexibility index (Phi) is 7.84. The van der Waals surface area contributed by atoms with E-state index in [-0.39, 0.29) is 31.1 Å². The van der Waals surface area contributed by atoms with Gasteiger partial charge in [0.15, 0.2) is 0 Å². The second kappa shape index (κ2) is 10.1. The number of carboxylic acid groups (broad SMARTS) is 3. The fourth-order valence-electron chi connectivity index (χ4n) is 4.37. The highest BCUT2D eigenvalue weighted by Crippen LogP contribution is 2.45. The zero-order chi connectivity index (χ0) is 20.6. The molecule has 0 saturated heterocycles. The molecular weight excluding hydrogens is 362 g/mol. The van der Waals surface area contributed by atoms with E-state index in [1.165, 1.54) is 0 Å². The number of hydrogen-bond acceptors (Lipinski definition) is 4. The van der Waals surface area contributed by atoms with Crippen LogP contribution in [0.25, 0.3) is 0 Å². The number of hydrogen-bond donors (Lipinski definition) is 4. The number of allylic oxidation sites excluding steroid dienone is 5. The number of rotatable bonds is 7. The lowest BCUT2D eigenvalue weighted by molar-refractivity contribution is -0.140. The Labute approximate surface area is 164 Å². The summed E-state index contributed by atoms with van der Waals surface area (Å²) in [4.78, 5) is 34.3. The molecule has 0 aromatic rings. The van der Waals surface area contributed by atoms with Crippen molar-refractivity contribution in [3.8, 4) is 0 Å². The highest BCUT2D eigenvalue weighted by atomic mass is 16.4. The largest absolute Gasteiger partial charge is 0.481 e. The summed E-state index contributed by atoms with van der Waals surface area (Å²) in [6.45, 7) is 0. The SMILES string of the molecule is O=C(O)CC1CCC(CC(=O)O)CCC(CC(=O)O)(C2=CC=CC=CN2)CC1. The first-order valence-electron chi connectivity index (χ1n) is 9.76. The molecule has 4 N–H and O–H groups in total. The minimum absolute atomic E-state index is 0.0230. The Hall–Kier alpha value is -2.57. The molecule has 0 bridgehead atoms. The first-order chi connectivity index (χ1) is 13.3. The molecule has 1 heterocycles. The average Bonchev–Trinajstić information content (AvgIpc) is 2.85. The smallest absolute Gasteiger partial charge is 0.304 e. The summed E-state index contributed by atoms with van der Waals surface area (Å²) in [5.41, 5.74) is 0.118. The van der Waals surface area contributed by atoms with Crippen molar-refractivity contribution in [1.82, 2.24) is 5.32 Å². The van der Waals surface area contributed by atoms with Crippen molar-refractivity contribution in [2.24, 2.45) is 17.3 Å². The summed E-state index contributed by atoms with van der Waals surface area (Å²) in [6.07, 6.45) is 12.8. The molecule has 0 spiro atoms. The van der Waals surface area contributed by atoms with E-state index in [9.17, 15) is 29.7 Å². The second-order valence-electron chi connectivity index (χ2n) is 7.90. The van der Waals surface area contributed by atoms with Crippen LogP contribution in [-0.4, -0.2) is 33.2 Å². The highest BCUT2D eigenvalue weighted by molar-refractivity contribution is 5.69. The van der Waals surface area contributed by atoms with Crippen molar-refractivity contribution < 1.29 is 29.7 Å². The monoisotopic (exact) mass is 391 g/mol. The summed E-state index contributed by atoms with van der Waals surface area (Å²) in [7, 11) is 0. The fraction of sp³-hybridized carbons (Fsp3) is 0.571. The number of aliphatic carboxylic acids is 3. The van der Waals surface area contributed by atoms with Crippen LogP contribution in [0.2, 0.25) is 0 Å². The molecule has 2 atom stereocenters. The number of carboxylic acids is 3. The van der Waals surface area contributed by atoms with Crippen molar-refractivity contribution in [3.63, 3.8) is 0 Å². The molecule has 2 unspecified atom stereocenters. The maximum Gasteiger partial charge on any atom is 0.304 e. The Morgan fingerprint density at radius 3 is 1.93 bits per heavy atom. The molecule has 1 fully saturated rings. The Morgan fingerprint density at radius 2 is 1.43 bits per heavy atom. The van der Waals surface area contributed by atoms with Gasteiger partial charge >= 0.3 is 17.9 Å². The third-order valence-corrected chi connectivity index (χ3v) is 5.85. The normalized spacial score (nSPS) is 28.1. The second-order valence-corrected chi connectivity index (χ2v) is 7.90. The van der Waals surface area contributed by atoms with Gasteiger partial charge in [0, 0.05) is 30.2 Å². The van der Waals surface area contributed by atoms with Crippen LogP contribution >= 0.6 is 0 Å². The van der Waals surface area contributed by atoms with E-state index in [0.717, 1.165) is 5.70 Å². The van der Waals surface area contributed by atoms with Crippen LogP contribution in [0.15, 0.2) is 36.2 Å². The number of nitrogens with one attached hydrogen (secondary N) is 1. The van der Waals surface area contributed by atoms with E-state index in [0.29, 0.717) is 38.5 Å². The zero-order valence-electron chi connectivity index (χ0n) is 16.0. The van der Waals surface area contributed by atoms with Gasteiger partial charge in [-0.15, -0.1) is 0 Å². The third kappa shape index (κ3) is 6.55. The van der Waals surface area contributed by atoms with E-state index in [1.807, 2.05) is 24.3 Å². The molecule has 7 heteroatoms.